The maximum absolute atomic E-state index is 13.8. The monoisotopic (exact) mass is 265 g/mol. The average Bonchev–Trinajstić information content (AvgIpc) is 2.39. The van der Waals surface area contributed by atoms with Crippen molar-refractivity contribution >= 4 is 5.69 Å². The lowest BCUT2D eigenvalue weighted by molar-refractivity contribution is 0.297. The van der Waals surface area contributed by atoms with Crippen molar-refractivity contribution in [3.8, 4) is 11.5 Å². The molecule has 0 fully saturated rings. The molecular weight excluding hydrogens is 252 g/mol. The van der Waals surface area contributed by atoms with Crippen LogP contribution in [-0.4, -0.2) is 7.11 Å². The second-order valence-corrected chi connectivity index (χ2v) is 3.90. The third-order valence-corrected chi connectivity index (χ3v) is 2.62. The van der Waals surface area contributed by atoms with Gasteiger partial charge in [-0.15, -0.1) is 0 Å². The van der Waals surface area contributed by atoms with Crippen LogP contribution in [0.2, 0.25) is 0 Å². The number of halogens is 2. The zero-order valence-electron chi connectivity index (χ0n) is 10.3. The number of benzene rings is 2. The number of anilines is 1. The number of rotatable bonds is 4. The first-order valence-corrected chi connectivity index (χ1v) is 5.61. The van der Waals surface area contributed by atoms with Crippen molar-refractivity contribution < 1.29 is 18.3 Å². The van der Waals surface area contributed by atoms with Crippen LogP contribution >= 0.6 is 0 Å². The molecule has 2 N–H and O–H groups in total. The second-order valence-electron chi connectivity index (χ2n) is 3.90. The first-order valence-electron chi connectivity index (χ1n) is 5.61. The van der Waals surface area contributed by atoms with Crippen LogP contribution in [0.4, 0.5) is 14.5 Å². The van der Waals surface area contributed by atoms with E-state index in [1.54, 1.807) is 12.1 Å². The van der Waals surface area contributed by atoms with Gasteiger partial charge in [-0.2, -0.15) is 0 Å². The highest BCUT2D eigenvalue weighted by atomic mass is 19.1. The summed E-state index contributed by atoms with van der Waals surface area (Å²) in [5.74, 6) is -0.472. The Morgan fingerprint density at radius 3 is 2.58 bits per heavy atom. The molecule has 0 atom stereocenters. The van der Waals surface area contributed by atoms with Crippen LogP contribution in [-0.2, 0) is 6.61 Å². The van der Waals surface area contributed by atoms with Gasteiger partial charge in [-0.1, -0.05) is 12.1 Å². The van der Waals surface area contributed by atoms with Crippen LogP contribution in [0, 0.1) is 11.6 Å². The summed E-state index contributed by atoms with van der Waals surface area (Å²) in [4.78, 5) is 0. The van der Waals surface area contributed by atoms with Crippen LogP contribution in [0.3, 0.4) is 0 Å². The van der Waals surface area contributed by atoms with Gasteiger partial charge in [-0.05, 0) is 18.2 Å². The first kappa shape index (κ1) is 13.1. The molecule has 3 nitrogen and oxygen atoms in total. The van der Waals surface area contributed by atoms with Crippen molar-refractivity contribution in [2.24, 2.45) is 0 Å². The van der Waals surface area contributed by atoms with Crippen molar-refractivity contribution in [3.63, 3.8) is 0 Å². The minimum Gasteiger partial charge on any atom is -0.494 e. The average molecular weight is 265 g/mol. The van der Waals surface area contributed by atoms with Gasteiger partial charge in [0.05, 0.1) is 12.8 Å². The Bertz CT molecular complexity index is 588. The third kappa shape index (κ3) is 2.93. The molecule has 0 aliphatic carbocycles. The van der Waals surface area contributed by atoms with Crippen molar-refractivity contribution in [1.82, 2.24) is 0 Å². The smallest absolute Gasteiger partial charge is 0.171 e. The largest absolute Gasteiger partial charge is 0.494 e. The van der Waals surface area contributed by atoms with Crippen molar-refractivity contribution in [3.05, 3.63) is 53.6 Å². The van der Waals surface area contributed by atoms with Crippen molar-refractivity contribution in [1.29, 1.82) is 0 Å². The Labute approximate surface area is 109 Å². The SMILES string of the molecule is COc1cccc(COc2ccc(F)cc2N)c1F. The lowest BCUT2D eigenvalue weighted by atomic mass is 10.2. The van der Waals surface area contributed by atoms with Gasteiger partial charge in [0.15, 0.2) is 11.6 Å². The Morgan fingerprint density at radius 2 is 1.89 bits per heavy atom. The molecule has 0 radical (unpaired) electrons. The highest BCUT2D eigenvalue weighted by molar-refractivity contribution is 5.52. The molecule has 19 heavy (non-hydrogen) atoms. The predicted molar refractivity (Wildman–Crippen MR) is 68.1 cm³/mol. The van der Waals surface area contributed by atoms with Gasteiger partial charge in [0.1, 0.15) is 18.2 Å². The topological polar surface area (TPSA) is 44.5 Å². The van der Waals surface area contributed by atoms with E-state index in [-0.39, 0.29) is 18.0 Å². The van der Waals surface area contributed by atoms with Crippen LogP contribution in [0.1, 0.15) is 5.56 Å². The van der Waals surface area contributed by atoms with E-state index < -0.39 is 11.6 Å². The van der Waals surface area contributed by atoms with Gasteiger partial charge in [-0.3, -0.25) is 0 Å². The fourth-order valence-corrected chi connectivity index (χ4v) is 1.63. The van der Waals surface area contributed by atoms with E-state index in [9.17, 15) is 8.78 Å². The molecule has 0 saturated heterocycles. The first-order chi connectivity index (χ1) is 9.11. The summed E-state index contributed by atoms with van der Waals surface area (Å²) >= 11 is 0. The third-order valence-electron chi connectivity index (χ3n) is 2.62. The van der Waals surface area contributed by atoms with Gasteiger partial charge < -0.3 is 15.2 Å². The highest BCUT2D eigenvalue weighted by Gasteiger charge is 2.09. The van der Waals surface area contributed by atoms with Crippen LogP contribution in [0.15, 0.2) is 36.4 Å². The summed E-state index contributed by atoms with van der Waals surface area (Å²) < 4.78 is 36.9. The van der Waals surface area contributed by atoms with Gasteiger partial charge >= 0.3 is 0 Å². The number of methoxy groups -OCH3 is 1. The number of hydrogen-bond donors (Lipinski definition) is 1. The molecule has 0 unspecified atom stereocenters. The molecule has 0 aliphatic heterocycles. The number of ether oxygens (including phenoxy) is 2. The van der Waals surface area contributed by atoms with E-state index in [0.29, 0.717) is 11.3 Å². The van der Waals surface area contributed by atoms with Crippen LogP contribution in [0.5, 0.6) is 11.5 Å². The van der Waals surface area contributed by atoms with Gasteiger partial charge in [0.25, 0.3) is 0 Å². The maximum atomic E-state index is 13.8. The lowest BCUT2D eigenvalue weighted by Gasteiger charge is -2.11. The Hall–Kier alpha value is -2.30. The zero-order chi connectivity index (χ0) is 13.8. The summed E-state index contributed by atoms with van der Waals surface area (Å²) in [5, 5.41) is 0. The molecule has 0 amide bonds. The van der Waals surface area contributed by atoms with Crippen molar-refractivity contribution in [2.75, 3.05) is 12.8 Å². The molecule has 0 saturated carbocycles. The summed E-state index contributed by atoms with van der Waals surface area (Å²) in [6, 6.07) is 8.55. The molecule has 5 heteroatoms. The van der Waals surface area contributed by atoms with E-state index in [1.165, 1.54) is 25.3 Å². The lowest BCUT2D eigenvalue weighted by Crippen LogP contribution is -2.02. The molecule has 2 rings (SSSR count). The Balaban J connectivity index is 2.14. The predicted octanol–water partition coefficient (Wildman–Crippen LogP) is 3.13. The zero-order valence-corrected chi connectivity index (χ0v) is 10.3. The fraction of sp³-hybridized carbons (Fsp3) is 0.143. The molecule has 0 aromatic heterocycles. The molecule has 0 spiro atoms. The number of hydrogen-bond acceptors (Lipinski definition) is 3. The minimum atomic E-state index is -0.481. The van der Waals surface area contributed by atoms with E-state index in [1.807, 2.05) is 0 Å². The van der Waals surface area contributed by atoms with E-state index in [2.05, 4.69) is 0 Å². The molecule has 0 bridgehead atoms. The van der Waals surface area contributed by atoms with E-state index in [0.717, 1.165) is 6.07 Å². The molecular formula is C14H13F2NO2. The molecule has 0 heterocycles. The summed E-state index contributed by atoms with van der Waals surface area (Å²) in [6.45, 7) is -0.0150. The Kier molecular flexibility index (Phi) is 3.85. The van der Waals surface area contributed by atoms with Crippen molar-refractivity contribution in [2.45, 2.75) is 6.61 Å². The highest BCUT2D eigenvalue weighted by Crippen LogP contribution is 2.25. The number of nitrogen functional groups attached to an aromatic ring is 1. The van der Waals surface area contributed by atoms with E-state index in [4.69, 9.17) is 15.2 Å². The molecule has 2 aromatic carbocycles. The normalized spacial score (nSPS) is 10.3. The minimum absolute atomic E-state index is 0.0150. The molecule has 100 valence electrons. The van der Waals surface area contributed by atoms with Crippen LogP contribution < -0.4 is 15.2 Å². The standard InChI is InChI=1S/C14H13F2NO2/c1-18-13-4-2-3-9(14(13)16)8-19-12-6-5-10(15)7-11(12)17/h2-7H,8,17H2,1H3. The van der Waals surface area contributed by atoms with Gasteiger partial charge in [0.2, 0.25) is 0 Å². The number of nitrogens with two attached hydrogens (primary N) is 1. The summed E-state index contributed by atoms with van der Waals surface area (Å²) in [5.41, 5.74) is 6.10. The van der Waals surface area contributed by atoms with Crippen LogP contribution in [0.25, 0.3) is 0 Å². The summed E-state index contributed by atoms with van der Waals surface area (Å²) in [7, 11) is 1.39. The molecule has 2 aromatic rings. The Morgan fingerprint density at radius 1 is 1.11 bits per heavy atom. The van der Waals surface area contributed by atoms with Gasteiger partial charge in [-0.25, -0.2) is 8.78 Å². The second kappa shape index (κ2) is 5.56. The van der Waals surface area contributed by atoms with E-state index >= 15 is 0 Å². The fourth-order valence-electron chi connectivity index (χ4n) is 1.63. The quantitative estimate of drug-likeness (QED) is 0.864. The van der Waals surface area contributed by atoms with Gasteiger partial charge in [0, 0.05) is 11.6 Å². The molecule has 0 aliphatic rings. The summed E-state index contributed by atoms with van der Waals surface area (Å²) in [6.07, 6.45) is 0. The maximum Gasteiger partial charge on any atom is 0.171 e.